The van der Waals surface area contributed by atoms with Crippen molar-refractivity contribution in [2.75, 3.05) is 6.61 Å². The van der Waals surface area contributed by atoms with Crippen LogP contribution in [0.1, 0.15) is 94.9 Å². The number of benzene rings is 1. The molecule has 0 aromatic heterocycles. The fourth-order valence-corrected chi connectivity index (χ4v) is 2.52. The zero-order valence-corrected chi connectivity index (χ0v) is 15.6. The Kier molecular flexibility index (Phi) is 7.36. The van der Waals surface area contributed by atoms with Gasteiger partial charge in [0, 0.05) is 5.56 Å². The van der Waals surface area contributed by atoms with E-state index >= 15 is 0 Å². The van der Waals surface area contributed by atoms with E-state index in [1.165, 1.54) is 16.7 Å². The number of ether oxygens (including phenoxy) is 1. The molecular weight excluding hydrogens is 284 g/mol. The number of carbonyl (C=O) groups excluding carboxylic acids is 1. The molecule has 1 aromatic carbocycles. The van der Waals surface area contributed by atoms with Crippen LogP contribution in [0.2, 0.25) is 0 Å². The van der Waals surface area contributed by atoms with Gasteiger partial charge in [-0.3, -0.25) is 4.79 Å². The first-order valence-electron chi connectivity index (χ1n) is 8.60. The third kappa shape index (κ3) is 5.43. The van der Waals surface area contributed by atoms with Crippen molar-refractivity contribution in [3.63, 3.8) is 0 Å². The molecule has 0 aliphatic heterocycles. The van der Waals surface area contributed by atoms with Crippen LogP contribution >= 0.6 is 0 Å². The minimum atomic E-state index is -0.254. The van der Waals surface area contributed by atoms with E-state index in [0.29, 0.717) is 24.4 Å². The fraction of sp³-hybridized carbons (Fsp3) is 0.571. The van der Waals surface area contributed by atoms with Crippen LogP contribution in [0.3, 0.4) is 0 Å². The van der Waals surface area contributed by atoms with E-state index in [4.69, 9.17) is 4.74 Å². The van der Waals surface area contributed by atoms with Crippen molar-refractivity contribution in [1.29, 1.82) is 0 Å². The SMILES string of the molecule is CCOC(=O)CC#Cc1c(C(C)C)cc(C(C)C)cc1C(C)C. The molecule has 0 radical (unpaired) electrons. The summed E-state index contributed by atoms with van der Waals surface area (Å²) >= 11 is 0. The van der Waals surface area contributed by atoms with Crippen LogP contribution in [0.15, 0.2) is 12.1 Å². The van der Waals surface area contributed by atoms with Gasteiger partial charge >= 0.3 is 5.97 Å². The highest BCUT2D eigenvalue weighted by Crippen LogP contribution is 2.31. The predicted octanol–water partition coefficient (Wildman–Crippen LogP) is 5.36. The van der Waals surface area contributed by atoms with Gasteiger partial charge in [0.25, 0.3) is 0 Å². The second kappa shape index (κ2) is 8.77. The minimum Gasteiger partial charge on any atom is -0.465 e. The van der Waals surface area contributed by atoms with Crippen molar-refractivity contribution in [3.05, 3.63) is 34.4 Å². The second-order valence-electron chi connectivity index (χ2n) is 6.82. The fourth-order valence-electron chi connectivity index (χ4n) is 2.52. The Morgan fingerprint density at radius 2 is 1.52 bits per heavy atom. The first-order chi connectivity index (χ1) is 10.8. The summed E-state index contributed by atoms with van der Waals surface area (Å²) in [7, 11) is 0. The van der Waals surface area contributed by atoms with Crippen LogP contribution in [-0.2, 0) is 9.53 Å². The maximum absolute atomic E-state index is 11.5. The molecule has 0 unspecified atom stereocenters. The van der Waals surface area contributed by atoms with Crippen LogP contribution in [-0.4, -0.2) is 12.6 Å². The van der Waals surface area contributed by atoms with Gasteiger partial charge in [0.15, 0.2) is 0 Å². The van der Waals surface area contributed by atoms with Gasteiger partial charge in [-0.05, 0) is 41.4 Å². The Balaban J connectivity index is 3.33. The number of carbonyl (C=O) groups is 1. The van der Waals surface area contributed by atoms with Crippen LogP contribution in [0, 0.1) is 11.8 Å². The largest absolute Gasteiger partial charge is 0.465 e. The van der Waals surface area contributed by atoms with Crippen molar-refractivity contribution < 1.29 is 9.53 Å². The average Bonchev–Trinajstić information content (AvgIpc) is 2.46. The monoisotopic (exact) mass is 314 g/mol. The van der Waals surface area contributed by atoms with Crippen LogP contribution in [0.5, 0.6) is 0 Å². The quantitative estimate of drug-likeness (QED) is 0.540. The van der Waals surface area contributed by atoms with E-state index in [9.17, 15) is 4.79 Å². The summed E-state index contributed by atoms with van der Waals surface area (Å²) < 4.78 is 4.94. The van der Waals surface area contributed by atoms with E-state index in [-0.39, 0.29) is 12.4 Å². The second-order valence-corrected chi connectivity index (χ2v) is 6.82. The highest BCUT2D eigenvalue weighted by atomic mass is 16.5. The average molecular weight is 314 g/mol. The Bertz CT molecular complexity index is 569. The molecule has 1 rings (SSSR count). The number of rotatable bonds is 5. The molecule has 0 heterocycles. The Labute approximate surface area is 141 Å². The molecule has 0 atom stereocenters. The Hall–Kier alpha value is -1.75. The third-order valence-corrected chi connectivity index (χ3v) is 3.88. The normalized spacial score (nSPS) is 10.9. The molecule has 0 aliphatic carbocycles. The van der Waals surface area contributed by atoms with Crippen molar-refractivity contribution in [2.24, 2.45) is 0 Å². The van der Waals surface area contributed by atoms with Gasteiger partial charge in [0.1, 0.15) is 6.42 Å². The first kappa shape index (κ1) is 19.3. The number of esters is 1. The highest BCUT2D eigenvalue weighted by molar-refractivity contribution is 5.72. The van der Waals surface area contributed by atoms with Crippen molar-refractivity contribution >= 4 is 5.97 Å². The van der Waals surface area contributed by atoms with Gasteiger partial charge in [-0.15, -0.1) is 0 Å². The molecule has 0 fully saturated rings. The van der Waals surface area contributed by atoms with Crippen molar-refractivity contribution in [2.45, 2.75) is 72.6 Å². The lowest BCUT2D eigenvalue weighted by molar-refractivity contribution is -0.141. The van der Waals surface area contributed by atoms with E-state index in [1.54, 1.807) is 0 Å². The summed E-state index contributed by atoms with van der Waals surface area (Å²) in [6.45, 7) is 15.4. The summed E-state index contributed by atoms with van der Waals surface area (Å²) in [5.41, 5.74) is 4.99. The molecule has 0 saturated heterocycles. The van der Waals surface area contributed by atoms with Crippen molar-refractivity contribution in [1.82, 2.24) is 0 Å². The molecule has 0 amide bonds. The minimum absolute atomic E-state index is 0.148. The molecule has 126 valence electrons. The van der Waals surface area contributed by atoms with Crippen LogP contribution < -0.4 is 0 Å². The van der Waals surface area contributed by atoms with Gasteiger partial charge < -0.3 is 4.74 Å². The molecule has 0 aliphatic rings. The molecule has 0 N–H and O–H groups in total. The van der Waals surface area contributed by atoms with Gasteiger partial charge in [0.2, 0.25) is 0 Å². The van der Waals surface area contributed by atoms with Crippen LogP contribution in [0.25, 0.3) is 0 Å². The standard InChI is InChI=1S/C21H30O2/c1-8-23-21(22)11-9-10-18-19(15(4)5)12-17(14(2)3)13-20(18)16(6)7/h12-16H,8,11H2,1-7H3. The van der Waals surface area contributed by atoms with Crippen LogP contribution in [0.4, 0.5) is 0 Å². The smallest absolute Gasteiger partial charge is 0.317 e. The summed E-state index contributed by atoms with van der Waals surface area (Å²) in [4.78, 5) is 11.5. The lowest BCUT2D eigenvalue weighted by Gasteiger charge is -2.20. The first-order valence-corrected chi connectivity index (χ1v) is 8.60. The van der Waals surface area contributed by atoms with Gasteiger partial charge in [0.05, 0.1) is 6.61 Å². The molecule has 0 spiro atoms. The Morgan fingerprint density at radius 3 is 1.91 bits per heavy atom. The van der Waals surface area contributed by atoms with Gasteiger partial charge in [-0.2, -0.15) is 0 Å². The molecule has 2 nitrogen and oxygen atoms in total. The van der Waals surface area contributed by atoms with Crippen molar-refractivity contribution in [3.8, 4) is 11.8 Å². The predicted molar refractivity (Wildman–Crippen MR) is 96.8 cm³/mol. The molecular formula is C21H30O2. The lowest BCUT2D eigenvalue weighted by Crippen LogP contribution is -2.05. The maximum Gasteiger partial charge on any atom is 0.317 e. The van der Waals surface area contributed by atoms with Gasteiger partial charge in [-0.1, -0.05) is 65.5 Å². The molecule has 1 aromatic rings. The van der Waals surface area contributed by atoms with E-state index in [1.807, 2.05) is 6.92 Å². The third-order valence-electron chi connectivity index (χ3n) is 3.88. The zero-order chi connectivity index (χ0) is 17.6. The zero-order valence-electron chi connectivity index (χ0n) is 15.6. The summed E-state index contributed by atoms with van der Waals surface area (Å²) in [5, 5.41) is 0. The molecule has 2 heteroatoms. The van der Waals surface area contributed by atoms with E-state index in [0.717, 1.165) is 5.56 Å². The van der Waals surface area contributed by atoms with E-state index in [2.05, 4.69) is 65.5 Å². The topological polar surface area (TPSA) is 26.3 Å². The summed E-state index contributed by atoms with van der Waals surface area (Å²) in [6.07, 6.45) is 0.148. The van der Waals surface area contributed by atoms with E-state index < -0.39 is 0 Å². The number of hydrogen-bond acceptors (Lipinski definition) is 2. The highest BCUT2D eigenvalue weighted by Gasteiger charge is 2.15. The number of hydrogen-bond donors (Lipinski definition) is 0. The Morgan fingerprint density at radius 1 is 1.00 bits per heavy atom. The summed E-state index contributed by atoms with van der Waals surface area (Å²) in [6, 6.07) is 4.55. The lowest BCUT2D eigenvalue weighted by atomic mass is 9.84. The molecule has 0 bridgehead atoms. The molecule has 23 heavy (non-hydrogen) atoms. The molecule has 0 saturated carbocycles. The summed E-state index contributed by atoms with van der Waals surface area (Å²) in [5.74, 6) is 7.29. The maximum atomic E-state index is 11.5. The van der Waals surface area contributed by atoms with Gasteiger partial charge in [-0.25, -0.2) is 0 Å².